The van der Waals surface area contributed by atoms with Crippen LogP contribution in [0.15, 0.2) is 27.9 Å². The van der Waals surface area contributed by atoms with E-state index in [2.05, 4.69) is 14.4 Å². The fourth-order valence-corrected chi connectivity index (χ4v) is 4.19. The van der Waals surface area contributed by atoms with Crippen molar-refractivity contribution in [2.24, 2.45) is 7.05 Å². The Morgan fingerprint density at radius 1 is 1.42 bits per heavy atom. The van der Waals surface area contributed by atoms with Gasteiger partial charge in [-0.25, -0.2) is 13.4 Å². The van der Waals surface area contributed by atoms with Crippen molar-refractivity contribution in [2.45, 2.75) is 24.3 Å². The number of aryl methyl sites for hydroxylation is 2. The van der Waals surface area contributed by atoms with Gasteiger partial charge in [-0.05, 0) is 43.6 Å². The zero-order valence-electron chi connectivity index (χ0n) is 15.0. The summed E-state index contributed by atoms with van der Waals surface area (Å²) in [7, 11) is -1.15. The summed E-state index contributed by atoms with van der Waals surface area (Å²) >= 11 is 1.50. The van der Waals surface area contributed by atoms with E-state index in [9.17, 15) is 18.0 Å². The molecule has 0 aliphatic carbocycles. The molecule has 10 heteroatoms. The molecule has 1 aromatic heterocycles. The van der Waals surface area contributed by atoms with Gasteiger partial charge in [0.05, 0.1) is 23.0 Å². The number of carbonyl (C=O) groups excluding carboxylic acids is 1. The Morgan fingerprint density at radius 3 is 2.73 bits per heavy atom. The zero-order valence-corrected chi connectivity index (χ0v) is 16.6. The molecule has 0 aliphatic heterocycles. The van der Waals surface area contributed by atoms with Crippen molar-refractivity contribution in [1.29, 1.82) is 0 Å². The maximum atomic E-state index is 12.7. The number of ether oxygens (including phenoxy) is 1. The highest BCUT2D eigenvalue weighted by molar-refractivity contribution is 7.98. The van der Waals surface area contributed by atoms with Gasteiger partial charge < -0.3 is 9.30 Å². The number of hydrogen-bond acceptors (Lipinski definition) is 7. The SMILES string of the molecule is COC(=O)[C@@H](CCSC)NS(=O)(=O)c1ccc2c(c1)nc(C)c(=O)n2C. The Labute approximate surface area is 156 Å². The quantitative estimate of drug-likeness (QED) is 0.687. The Morgan fingerprint density at radius 2 is 2.12 bits per heavy atom. The fourth-order valence-electron chi connectivity index (χ4n) is 2.48. The van der Waals surface area contributed by atoms with Crippen LogP contribution in [0.25, 0.3) is 11.0 Å². The topological polar surface area (TPSA) is 107 Å². The van der Waals surface area contributed by atoms with Gasteiger partial charge in [-0.3, -0.25) is 9.59 Å². The minimum absolute atomic E-state index is 0.0337. The van der Waals surface area contributed by atoms with Crippen LogP contribution in [0.1, 0.15) is 12.1 Å². The molecule has 0 aliphatic rings. The molecule has 2 aromatic rings. The van der Waals surface area contributed by atoms with Gasteiger partial charge in [0.2, 0.25) is 10.0 Å². The van der Waals surface area contributed by atoms with Gasteiger partial charge in [-0.2, -0.15) is 16.5 Å². The molecule has 1 N–H and O–H groups in total. The summed E-state index contributed by atoms with van der Waals surface area (Å²) in [6, 6.07) is 3.31. The lowest BCUT2D eigenvalue weighted by molar-refractivity contribution is -0.142. The monoisotopic (exact) mass is 399 g/mol. The molecule has 1 aromatic carbocycles. The first kappa shape index (κ1) is 20.4. The van der Waals surface area contributed by atoms with E-state index in [0.29, 0.717) is 23.2 Å². The second-order valence-corrected chi connectivity index (χ2v) is 8.39. The molecular weight excluding hydrogens is 378 g/mol. The molecule has 0 spiro atoms. The third kappa shape index (κ3) is 4.25. The van der Waals surface area contributed by atoms with Crippen LogP contribution in [0.4, 0.5) is 0 Å². The van der Waals surface area contributed by atoms with E-state index < -0.39 is 22.0 Å². The first-order valence-electron chi connectivity index (χ1n) is 7.77. The molecule has 0 fully saturated rings. The van der Waals surface area contributed by atoms with Crippen molar-refractivity contribution in [3.05, 3.63) is 34.2 Å². The third-order valence-electron chi connectivity index (χ3n) is 3.91. The zero-order chi connectivity index (χ0) is 19.5. The summed E-state index contributed by atoms with van der Waals surface area (Å²) in [5, 5.41) is 0. The largest absolute Gasteiger partial charge is 0.468 e. The molecule has 0 bridgehead atoms. The first-order valence-corrected chi connectivity index (χ1v) is 10.7. The third-order valence-corrected chi connectivity index (χ3v) is 6.03. The summed E-state index contributed by atoms with van der Waals surface area (Å²) in [4.78, 5) is 27.9. The molecule has 142 valence electrons. The number of fused-ring (bicyclic) bond motifs is 1. The minimum Gasteiger partial charge on any atom is -0.468 e. The van der Waals surface area contributed by atoms with E-state index in [4.69, 9.17) is 0 Å². The smallest absolute Gasteiger partial charge is 0.323 e. The summed E-state index contributed by atoms with van der Waals surface area (Å²) in [5.74, 6) is -0.0390. The van der Waals surface area contributed by atoms with E-state index in [-0.39, 0.29) is 16.1 Å². The summed E-state index contributed by atoms with van der Waals surface area (Å²) in [6.07, 6.45) is 2.18. The number of hydrogen-bond donors (Lipinski definition) is 1. The Kier molecular flexibility index (Phi) is 6.43. The van der Waals surface area contributed by atoms with E-state index in [1.807, 2.05) is 6.26 Å². The average Bonchev–Trinajstić information content (AvgIpc) is 2.62. The van der Waals surface area contributed by atoms with Crippen molar-refractivity contribution in [2.75, 3.05) is 19.1 Å². The molecular formula is C16H21N3O5S2. The van der Waals surface area contributed by atoms with Crippen LogP contribution >= 0.6 is 11.8 Å². The van der Waals surface area contributed by atoms with Crippen molar-refractivity contribution in [1.82, 2.24) is 14.3 Å². The molecule has 2 rings (SSSR count). The van der Waals surface area contributed by atoms with Crippen LogP contribution in [0, 0.1) is 6.92 Å². The molecule has 0 amide bonds. The Bertz CT molecular complexity index is 985. The Hall–Kier alpha value is -1.91. The van der Waals surface area contributed by atoms with Crippen molar-refractivity contribution < 1.29 is 17.9 Å². The van der Waals surface area contributed by atoms with E-state index in [1.165, 1.54) is 41.6 Å². The van der Waals surface area contributed by atoms with Crippen LogP contribution in [-0.2, 0) is 26.6 Å². The average molecular weight is 399 g/mol. The van der Waals surface area contributed by atoms with Crippen LogP contribution in [0.5, 0.6) is 0 Å². The maximum Gasteiger partial charge on any atom is 0.323 e. The van der Waals surface area contributed by atoms with Crippen LogP contribution in [-0.4, -0.2) is 49.1 Å². The molecule has 1 heterocycles. The van der Waals surface area contributed by atoms with E-state index in [0.717, 1.165) is 0 Å². The van der Waals surface area contributed by atoms with Gasteiger partial charge in [0, 0.05) is 7.05 Å². The second kappa shape index (κ2) is 8.19. The maximum absolute atomic E-state index is 12.7. The molecule has 1 atom stereocenters. The molecule has 0 unspecified atom stereocenters. The lowest BCUT2D eigenvalue weighted by Gasteiger charge is -2.16. The Balaban J connectivity index is 2.43. The van der Waals surface area contributed by atoms with E-state index in [1.54, 1.807) is 14.0 Å². The normalized spacial score (nSPS) is 12.9. The van der Waals surface area contributed by atoms with Crippen molar-refractivity contribution in [3.63, 3.8) is 0 Å². The highest BCUT2D eigenvalue weighted by Gasteiger charge is 2.26. The van der Waals surface area contributed by atoms with Crippen LogP contribution in [0.3, 0.4) is 0 Å². The van der Waals surface area contributed by atoms with Gasteiger partial charge in [-0.15, -0.1) is 0 Å². The lowest BCUT2D eigenvalue weighted by Crippen LogP contribution is -2.41. The van der Waals surface area contributed by atoms with Crippen LogP contribution < -0.4 is 10.3 Å². The highest BCUT2D eigenvalue weighted by Crippen LogP contribution is 2.17. The van der Waals surface area contributed by atoms with Gasteiger partial charge in [-0.1, -0.05) is 0 Å². The molecule has 0 radical (unpaired) electrons. The lowest BCUT2D eigenvalue weighted by atomic mass is 10.2. The van der Waals surface area contributed by atoms with Gasteiger partial charge in [0.15, 0.2) is 0 Å². The van der Waals surface area contributed by atoms with Gasteiger partial charge in [0.1, 0.15) is 11.7 Å². The highest BCUT2D eigenvalue weighted by atomic mass is 32.2. The molecule has 26 heavy (non-hydrogen) atoms. The minimum atomic E-state index is -3.96. The summed E-state index contributed by atoms with van der Waals surface area (Å²) in [5.41, 5.74) is 0.932. The summed E-state index contributed by atoms with van der Waals surface area (Å²) < 4.78 is 33.9. The van der Waals surface area contributed by atoms with Crippen molar-refractivity contribution in [3.8, 4) is 0 Å². The van der Waals surface area contributed by atoms with E-state index >= 15 is 0 Å². The number of nitrogens with one attached hydrogen (secondary N) is 1. The predicted octanol–water partition coefficient (Wildman–Crippen LogP) is 0.815. The number of benzene rings is 1. The molecule has 0 saturated heterocycles. The number of sulfonamides is 1. The first-order chi connectivity index (χ1) is 12.2. The van der Waals surface area contributed by atoms with Gasteiger partial charge in [0.25, 0.3) is 5.56 Å². The fraction of sp³-hybridized carbons (Fsp3) is 0.438. The number of aromatic nitrogens is 2. The predicted molar refractivity (Wildman–Crippen MR) is 101 cm³/mol. The number of carbonyl (C=O) groups is 1. The molecule has 0 saturated carbocycles. The van der Waals surface area contributed by atoms with Gasteiger partial charge >= 0.3 is 5.97 Å². The number of nitrogens with zero attached hydrogens (tertiary/aromatic N) is 2. The number of esters is 1. The number of thioether (sulfide) groups is 1. The van der Waals surface area contributed by atoms with Crippen LogP contribution in [0.2, 0.25) is 0 Å². The number of methoxy groups -OCH3 is 1. The second-order valence-electron chi connectivity index (χ2n) is 5.69. The summed E-state index contributed by atoms with van der Waals surface area (Å²) in [6.45, 7) is 1.57. The van der Waals surface area contributed by atoms with Crippen molar-refractivity contribution >= 4 is 38.8 Å². The number of rotatable bonds is 7. The standard InChI is InChI=1S/C16H21N3O5S2/c1-10-15(20)19(2)14-6-5-11(9-13(14)17-10)26(22,23)18-12(7-8-25-4)16(21)24-3/h5-6,9,12,18H,7-8H2,1-4H3/t12-/m1/s1. The molecule has 8 nitrogen and oxygen atoms in total.